The summed E-state index contributed by atoms with van der Waals surface area (Å²) in [6.07, 6.45) is 0. The number of amides is 2. The van der Waals surface area contributed by atoms with Gasteiger partial charge in [-0.05, 0) is 35.6 Å². The van der Waals surface area contributed by atoms with Crippen molar-refractivity contribution in [2.75, 3.05) is 32.6 Å². The first-order valence-electron chi connectivity index (χ1n) is 7.71. The van der Waals surface area contributed by atoms with Gasteiger partial charge in [0.25, 0.3) is 5.91 Å². The number of anilines is 1. The SMILES string of the molecule is Cc1cc(CNC(=O)CN(C)C(=O)c2cccs2)ccc1N(C)C. The Bertz CT molecular complexity index is 711. The van der Waals surface area contributed by atoms with Gasteiger partial charge in [0.1, 0.15) is 0 Å². The van der Waals surface area contributed by atoms with E-state index < -0.39 is 0 Å². The van der Waals surface area contributed by atoms with E-state index in [1.54, 1.807) is 13.1 Å². The molecule has 0 saturated heterocycles. The van der Waals surface area contributed by atoms with Gasteiger partial charge in [-0.3, -0.25) is 9.59 Å². The highest BCUT2D eigenvalue weighted by Crippen LogP contribution is 2.18. The second kappa shape index (κ2) is 7.97. The lowest BCUT2D eigenvalue weighted by Crippen LogP contribution is -2.37. The van der Waals surface area contributed by atoms with E-state index in [1.807, 2.05) is 44.6 Å². The third-order valence-electron chi connectivity index (χ3n) is 3.69. The number of thiophene rings is 1. The molecule has 0 bridgehead atoms. The maximum Gasteiger partial charge on any atom is 0.264 e. The van der Waals surface area contributed by atoms with Crippen LogP contribution in [-0.2, 0) is 11.3 Å². The monoisotopic (exact) mass is 345 g/mol. The number of rotatable bonds is 6. The van der Waals surface area contributed by atoms with Crippen LogP contribution in [0.3, 0.4) is 0 Å². The van der Waals surface area contributed by atoms with Crippen LogP contribution in [0, 0.1) is 6.92 Å². The molecule has 2 amide bonds. The zero-order valence-electron chi connectivity index (χ0n) is 14.5. The van der Waals surface area contributed by atoms with E-state index in [0.717, 1.165) is 16.8 Å². The van der Waals surface area contributed by atoms with Gasteiger partial charge < -0.3 is 15.1 Å². The van der Waals surface area contributed by atoms with Crippen molar-refractivity contribution >= 4 is 28.8 Å². The molecule has 1 aromatic heterocycles. The van der Waals surface area contributed by atoms with E-state index in [9.17, 15) is 9.59 Å². The fourth-order valence-corrected chi connectivity index (χ4v) is 3.18. The minimum Gasteiger partial charge on any atom is -0.377 e. The number of likely N-dealkylation sites (N-methyl/N-ethyl adjacent to an activating group) is 1. The molecular weight excluding hydrogens is 322 g/mol. The van der Waals surface area contributed by atoms with Crippen molar-refractivity contribution < 1.29 is 9.59 Å². The van der Waals surface area contributed by atoms with Crippen molar-refractivity contribution in [3.05, 3.63) is 51.7 Å². The molecule has 0 aliphatic rings. The van der Waals surface area contributed by atoms with E-state index in [0.29, 0.717) is 11.4 Å². The fourth-order valence-electron chi connectivity index (χ4n) is 2.46. The molecule has 5 nitrogen and oxygen atoms in total. The second-order valence-corrected chi connectivity index (χ2v) is 6.88. The summed E-state index contributed by atoms with van der Waals surface area (Å²) in [7, 11) is 5.64. The number of nitrogens with one attached hydrogen (secondary N) is 1. The Kier molecular flexibility index (Phi) is 5.98. The fraction of sp³-hybridized carbons (Fsp3) is 0.333. The molecule has 0 unspecified atom stereocenters. The molecule has 1 heterocycles. The first-order valence-corrected chi connectivity index (χ1v) is 8.59. The van der Waals surface area contributed by atoms with Crippen molar-refractivity contribution in [3.8, 4) is 0 Å². The lowest BCUT2D eigenvalue weighted by molar-refractivity contribution is -0.121. The summed E-state index contributed by atoms with van der Waals surface area (Å²) in [5.41, 5.74) is 3.36. The van der Waals surface area contributed by atoms with Crippen LogP contribution < -0.4 is 10.2 Å². The second-order valence-electron chi connectivity index (χ2n) is 5.93. The number of benzene rings is 1. The zero-order chi connectivity index (χ0) is 17.7. The van der Waals surface area contributed by atoms with Crippen LogP contribution in [-0.4, -0.2) is 44.4 Å². The van der Waals surface area contributed by atoms with Gasteiger partial charge in [-0.15, -0.1) is 11.3 Å². The summed E-state index contributed by atoms with van der Waals surface area (Å²) in [5, 5.41) is 4.71. The van der Waals surface area contributed by atoms with Gasteiger partial charge in [0, 0.05) is 33.4 Å². The molecule has 0 aliphatic carbocycles. The topological polar surface area (TPSA) is 52.7 Å². The van der Waals surface area contributed by atoms with Gasteiger partial charge in [-0.1, -0.05) is 18.2 Å². The predicted octanol–water partition coefficient (Wildman–Crippen LogP) is 2.51. The Labute approximate surface area is 146 Å². The minimum atomic E-state index is -0.170. The van der Waals surface area contributed by atoms with Crippen LogP contribution in [0.25, 0.3) is 0 Å². The van der Waals surface area contributed by atoms with Crippen molar-refractivity contribution in [3.63, 3.8) is 0 Å². The lowest BCUT2D eigenvalue weighted by Gasteiger charge is -2.17. The minimum absolute atomic E-state index is 0.0471. The molecule has 0 radical (unpaired) electrons. The Balaban J connectivity index is 1.87. The highest BCUT2D eigenvalue weighted by atomic mass is 32.1. The van der Waals surface area contributed by atoms with Gasteiger partial charge in [-0.2, -0.15) is 0 Å². The summed E-state index contributed by atoms with van der Waals surface area (Å²) < 4.78 is 0. The summed E-state index contributed by atoms with van der Waals surface area (Å²) in [5.74, 6) is -0.303. The number of nitrogens with zero attached hydrogens (tertiary/aromatic N) is 2. The molecule has 6 heteroatoms. The van der Waals surface area contributed by atoms with Crippen LogP contribution >= 0.6 is 11.3 Å². The molecule has 1 aromatic carbocycles. The van der Waals surface area contributed by atoms with Crippen LogP contribution in [0.1, 0.15) is 20.8 Å². The summed E-state index contributed by atoms with van der Waals surface area (Å²) >= 11 is 1.37. The molecular formula is C18H23N3O2S. The molecule has 2 aromatic rings. The molecule has 0 atom stereocenters. The Morgan fingerprint density at radius 2 is 1.92 bits per heavy atom. The normalized spacial score (nSPS) is 10.3. The first kappa shape index (κ1) is 18.0. The first-order chi connectivity index (χ1) is 11.4. The van der Waals surface area contributed by atoms with Gasteiger partial charge >= 0.3 is 0 Å². The van der Waals surface area contributed by atoms with Gasteiger partial charge in [0.05, 0.1) is 11.4 Å². The predicted molar refractivity (Wildman–Crippen MR) is 98.6 cm³/mol. The van der Waals surface area contributed by atoms with Gasteiger partial charge in [0.2, 0.25) is 5.91 Å². The third-order valence-corrected chi connectivity index (χ3v) is 4.55. The Hall–Kier alpha value is -2.34. The maximum atomic E-state index is 12.1. The number of aryl methyl sites for hydroxylation is 1. The van der Waals surface area contributed by atoms with Crippen molar-refractivity contribution in [1.82, 2.24) is 10.2 Å². The van der Waals surface area contributed by atoms with Crippen LogP contribution in [0.15, 0.2) is 35.7 Å². The average molecular weight is 345 g/mol. The van der Waals surface area contributed by atoms with Gasteiger partial charge in [0.15, 0.2) is 0 Å². The largest absolute Gasteiger partial charge is 0.377 e. The summed E-state index contributed by atoms with van der Waals surface area (Å²) in [6.45, 7) is 2.55. The lowest BCUT2D eigenvalue weighted by atomic mass is 10.1. The van der Waals surface area contributed by atoms with Crippen LogP contribution in [0.5, 0.6) is 0 Å². The maximum absolute atomic E-state index is 12.1. The number of hydrogen-bond acceptors (Lipinski definition) is 4. The Morgan fingerprint density at radius 1 is 1.17 bits per heavy atom. The van der Waals surface area contributed by atoms with Crippen molar-refractivity contribution in [2.24, 2.45) is 0 Å². The third kappa shape index (κ3) is 4.58. The number of carbonyl (C=O) groups excluding carboxylic acids is 2. The van der Waals surface area contributed by atoms with Crippen LogP contribution in [0.4, 0.5) is 5.69 Å². The van der Waals surface area contributed by atoms with Crippen molar-refractivity contribution in [2.45, 2.75) is 13.5 Å². The van der Waals surface area contributed by atoms with E-state index in [2.05, 4.69) is 16.3 Å². The van der Waals surface area contributed by atoms with E-state index in [4.69, 9.17) is 0 Å². The number of hydrogen-bond donors (Lipinski definition) is 1. The highest BCUT2D eigenvalue weighted by molar-refractivity contribution is 7.12. The molecule has 0 saturated carbocycles. The summed E-state index contributed by atoms with van der Waals surface area (Å²) in [4.78, 5) is 28.3. The molecule has 2 rings (SSSR count). The van der Waals surface area contributed by atoms with Gasteiger partial charge in [-0.25, -0.2) is 0 Å². The molecule has 1 N–H and O–H groups in total. The quantitative estimate of drug-likeness (QED) is 0.875. The Morgan fingerprint density at radius 3 is 2.50 bits per heavy atom. The van der Waals surface area contributed by atoms with Crippen LogP contribution in [0.2, 0.25) is 0 Å². The molecule has 0 aliphatic heterocycles. The smallest absolute Gasteiger partial charge is 0.264 e. The standard InChI is InChI=1S/C18H23N3O2S/c1-13-10-14(7-8-15(13)20(2)3)11-19-17(22)12-21(4)18(23)16-6-5-9-24-16/h5-10H,11-12H2,1-4H3,(H,19,22). The van der Waals surface area contributed by atoms with E-state index in [-0.39, 0.29) is 18.4 Å². The van der Waals surface area contributed by atoms with Crippen molar-refractivity contribution in [1.29, 1.82) is 0 Å². The zero-order valence-corrected chi connectivity index (χ0v) is 15.3. The summed E-state index contributed by atoms with van der Waals surface area (Å²) in [6, 6.07) is 9.70. The number of carbonyl (C=O) groups is 2. The van der Waals surface area contributed by atoms with E-state index in [1.165, 1.54) is 16.2 Å². The molecule has 0 spiro atoms. The highest BCUT2D eigenvalue weighted by Gasteiger charge is 2.15. The molecule has 0 fully saturated rings. The molecule has 24 heavy (non-hydrogen) atoms. The van der Waals surface area contributed by atoms with E-state index >= 15 is 0 Å². The average Bonchev–Trinajstić information content (AvgIpc) is 3.06. The molecule has 128 valence electrons.